The summed E-state index contributed by atoms with van der Waals surface area (Å²) in [5.74, 6) is 1.55. The summed E-state index contributed by atoms with van der Waals surface area (Å²) in [6.45, 7) is 5.84. The largest absolute Gasteiger partial charge is 0.490 e. The molecule has 0 N–H and O–H groups in total. The zero-order valence-electron chi connectivity index (χ0n) is 17.9. The minimum Gasteiger partial charge on any atom is -0.490 e. The van der Waals surface area contributed by atoms with Crippen LogP contribution < -0.4 is 4.74 Å². The van der Waals surface area contributed by atoms with Crippen LogP contribution in [0.5, 0.6) is 5.75 Å². The Hall–Kier alpha value is -1.37. The first-order chi connectivity index (χ1) is 14.2. The van der Waals surface area contributed by atoms with Gasteiger partial charge in [0.2, 0.25) is 0 Å². The van der Waals surface area contributed by atoms with Gasteiger partial charge in [0.05, 0.1) is 17.1 Å². The van der Waals surface area contributed by atoms with Crippen LogP contribution in [0.4, 0.5) is 0 Å². The third-order valence-corrected chi connectivity index (χ3v) is 8.18. The van der Waals surface area contributed by atoms with Crippen LogP contribution in [0.15, 0.2) is 51.8 Å². The van der Waals surface area contributed by atoms with E-state index in [0.29, 0.717) is 5.92 Å². The van der Waals surface area contributed by atoms with Crippen LogP contribution in [-0.2, 0) is 14.3 Å². The smallest absolute Gasteiger partial charge is 0.297 e. The normalized spacial score (nSPS) is 20.7. The Kier molecular flexibility index (Phi) is 7.99. The molecule has 0 spiro atoms. The average molecular weight is 495 g/mol. The highest BCUT2D eigenvalue weighted by Crippen LogP contribution is 2.33. The first-order valence-electron chi connectivity index (χ1n) is 10.7. The van der Waals surface area contributed by atoms with Crippen molar-refractivity contribution in [2.24, 2.45) is 5.92 Å². The molecule has 0 radical (unpaired) electrons. The Morgan fingerprint density at radius 2 is 1.70 bits per heavy atom. The van der Waals surface area contributed by atoms with Crippen molar-refractivity contribution in [1.82, 2.24) is 0 Å². The molecule has 6 heteroatoms. The van der Waals surface area contributed by atoms with Crippen LogP contribution in [-0.4, -0.2) is 20.6 Å². The minimum atomic E-state index is -3.70. The third kappa shape index (κ3) is 6.32. The molecule has 2 aromatic carbocycles. The summed E-state index contributed by atoms with van der Waals surface area (Å²) >= 11 is 3.56. The van der Waals surface area contributed by atoms with E-state index >= 15 is 0 Å². The zero-order chi connectivity index (χ0) is 21.7. The predicted octanol–water partition coefficient (Wildman–Crippen LogP) is 6.58. The molecule has 4 nitrogen and oxygen atoms in total. The molecule has 1 fully saturated rings. The lowest BCUT2D eigenvalue weighted by Crippen LogP contribution is -2.25. The number of hydrogen-bond acceptors (Lipinski definition) is 4. The lowest BCUT2D eigenvalue weighted by Gasteiger charge is -2.30. The van der Waals surface area contributed by atoms with E-state index in [1.807, 2.05) is 32.0 Å². The van der Waals surface area contributed by atoms with Gasteiger partial charge in [-0.1, -0.05) is 39.7 Å². The molecule has 164 valence electrons. The second-order valence-electron chi connectivity index (χ2n) is 8.37. The van der Waals surface area contributed by atoms with Crippen LogP contribution in [0.2, 0.25) is 0 Å². The Balaban J connectivity index is 1.43. The maximum absolute atomic E-state index is 12.4. The van der Waals surface area contributed by atoms with E-state index in [-0.39, 0.29) is 17.1 Å². The van der Waals surface area contributed by atoms with Gasteiger partial charge in [0.25, 0.3) is 10.1 Å². The number of rotatable bonds is 8. The molecule has 1 aliphatic rings. The first kappa shape index (κ1) is 23.3. The van der Waals surface area contributed by atoms with E-state index in [1.54, 1.807) is 24.3 Å². The summed E-state index contributed by atoms with van der Waals surface area (Å²) in [5.41, 5.74) is 2.16. The Morgan fingerprint density at radius 3 is 2.37 bits per heavy atom. The van der Waals surface area contributed by atoms with Crippen molar-refractivity contribution in [1.29, 1.82) is 0 Å². The molecule has 1 aliphatic carbocycles. The lowest BCUT2D eigenvalue weighted by molar-refractivity contribution is 0.120. The quantitative estimate of drug-likeness (QED) is 0.389. The average Bonchev–Trinajstić information content (AvgIpc) is 2.71. The van der Waals surface area contributed by atoms with Crippen molar-refractivity contribution in [2.75, 3.05) is 0 Å². The van der Waals surface area contributed by atoms with Crippen molar-refractivity contribution in [3.05, 3.63) is 58.1 Å². The molecule has 0 aliphatic heterocycles. The molecule has 0 bridgehead atoms. The Morgan fingerprint density at radius 1 is 1.03 bits per heavy atom. The monoisotopic (exact) mass is 494 g/mol. The molecule has 3 rings (SSSR count). The van der Waals surface area contributed by atoms with Crippen molar-refractivity contribution < 1.29 is 17.3 Å². The number of hydrogen-bond donors (Lipinski definition) is 0. The van der Waals surface area contributed by atoms with Crippen molar-refractivity contribution in [2.45, 2.75) is 76.4 Å². The van der Waals surface area contributed by atoms with Gasteiger partial charge in [-0.3, -0.25) is 4.18 Å². The number of benzene rings is 2. The van der Waals surface area contributed by atoms with Gasteiger partial charge in [0, 0.05) is 10.0 Å². The molecular formula is C24H31BrO4S. The Labute approximate surface area is 189 Å². The fraction of sp³-hybridized carbons (Fsp3) is 0.500. The van der Waals surface area contributed by atoms with Gasteiger partial charge in [0.15, 0.2) is 0 Å². The van der Waals surface area contributed by atoms with E-state index < -0.39 is 10.1 Å². The standard InChI is InChI=1S/C24H31BrO4S/c1-17-7-15-22(16-8-17)30(26,27)29-18(2)9-10-20-11-13-21(14-12-20)28-24-6-4-5-23(25)19(24)3/h4-8,15-16,18,20-21H,9-14H2,1-3H3/t18-,20?,21?/m1/s1. The summed E-state index contributed by atoms with van der Waals surface area (Å²) in [6.07, 6.45) is 5.93. The van der Waals surface area contributed by atoms with Crippen LogP contribution in [0.3, 0.4) is 0 Å². The fourth-order valence-electron chi connectivity index (χ4n) is 3.93. The third-order valence-electron chi connectivity index (χ3n) is 5.89. The molecule has 0 saturated heterocycles. The number of aryl methyl sites for hydroxylation is 1. The van der Waals surface area contributed by atoms with Crippen molar-refractivity contribution in [3.63, 3.8) is 0 Å². The van der Waals surface area contributed by atoms with E-state index in [4.69, 9.17) is 8.92 Å². The van der Waals surface area contributed by atoms with E-state index in [0.717, 1.165) is 59.9 Å². The first-order valence-corrected chi connectivity index (χ1v) is 12.9. The summed E-state index contributed by atoms with van der Waals surface area (Å²) in [7, 11) is -3.70. The van der Waals surface area contributed by atoms with E-state index in [2.05, 4.69) is 22.9 Å². The molecule has 30 heavy (non-hydrogen) atoms. The lowest BCUT2D eigenvalue weighted by atomic mass is 9.84. The van der Waals surface area contributed by atoms with Gasteiger partial charge in [-0.15, -0.1) is 0 Å². The minimum absolute atomic E-state index is 0.223. The molecule has 1 atom stereocenters. The van der Waals surface area contributed by atoms with Gasteiger partial charge in [-0.25, -0.2) is 0 Å². The van der Waals surface area contributed by atoms with E-state index in [1.165, 1.54) is 0 Å². The maximum atomic E-state index is 12.4. The van der Waals surface area contributed by atoms with Crippen molar-refractivity contribution in [3.8, 4) is 5.75 Å². The fourth-order valence-corrected chi connectivity index (χ4v) is 5.39. The van der Waals surface area contributed by atoms with Gasteiger partial charge in [-0.2, -0.15) is 8.42 Å². The molecule has 0 aromatic heterocycles. The zero-order valence-corrected chi connectivity index (χ0v) is 20.3. The molecular weight excluding hydrogens is 464 g/mol. The van der Waals surface area contributed by atoms with Crippen molar-refractivity contribution >= 4 is 26.0 Å². The maximum Gasteiger partial charge on any atom is 0.297 e. The molecule has 0 amide bonds. The van der Waals surface area contributed by atoms with Crippen LogP contribution >= 0.6 is 15.9 Å². The highest BCUT2D eigenvalue weighted by atomic mass is 79.9. The summed E-state index contributed by atoms with van der Waals surface area (Å²) in [6, 6.07) is 12.8. The summed E-state index contributed by atoms with van der Waals surface area (Å²) < 4.78 is 37.6. The molecule has 1 saturated carbocycles. The number of halogens is 1. The summed E-state index contributed by atoms with van der Waals surface area (Å²) in [4.78, 5) is 0.223. The van der Waals surface area contributed by atoms with Crippen LogP contribution in [0.1, 0.15) is 56.6 Å². The SMILES string of the molecule is Cc1ccc(S(=O)(=O)O[C@H](C)CCC2CCC(Oc3cccc(Br)c3C)CC2)cc1. The Bertz CT molecular complexity index is 932. The van der Waals surface area contributed by atoms with Gasteiger partial charge >= 0.3 is 0 Å². The molecule has 0 heterocycles. The van der Waals surface area contributed by atoms with Crippen LogP contribution in [0.25, 0.3) is 0 Å². The highest BCUT2D eigenvalue weighted by molar-refractivity contribution is 9.10. The van der Waals surface area contributed by atoms with Gasteiger partial charge in [0.1, 0.15) is 5.75 Å². The second-order valence-corrected chi connectivity index (χ2v) is 10.8. The second kappa shape index (κ2) is 10.3. The predicted molar refractivity (Wildman–Crippen MR) is 123 cm³/mol. The molecule has 2 aromatic rings. The molecule has 0 unspecified atom stereocenters. The topological polar surface area (TPSA) is 52.6 Å². The summed E-state index contributed by atoms with van der Waals surface area (Å²) in [5, 5.41) is 0. The van der Waals surface area contributed by atoms with E-state index in [9.17, 15) is 8.42 Å². The van der Waals surface area contributed by atoms with Gasteiger partial charge < -0.3 is 4.74 Å². The highest BCUT2D eigenvalue weighted by Gasteiger charge is 2.25. The number of ether oxygens (including phenoxy) is 1. The van der Waals surface area contributed by atoms with Gasteiger partial charge in [-0.05, 0) is 89.5 Å². The van der Waals surface area contributed by atoms with Crippen LogP contribution in [0, 0.1) is 19.8 Å².